The van der Waals surface area contributed by atoms with Gasteiger partial charge in [0.25, 0.3) is 0 Å². The molecule has 3 nitrogen and oxygen atoms in total. The van der Waals surface area contributed by atoms with Crippen LogP contribution >= 0.6 is 11.3 Å². The number of aromatic nitrogens is 1. The lowest BCUT2D eigenvalue weighted by molar-refractivity contribution is 0.145. The van der Waals surface area contributed by atoms with Gasteiger partial charge in [-0.2, -0.15) is 0 Å². The molecule has 2 rings (SSSR count). The Morgan fingerprint density at radius 1 is 1.64 bits per heavy atom. The Bertz CT molecular complexity index is 270. The van der Waals surface area contributed by atoms with Gasteiger partial charge in [-0.25, -0.2) is 4.98 Å². The second-order valence-electron chi connectivity index (χ2n) is 3.69. The van der Waals surface area contributed by atoms with E-state index in [1.165, 1.54) is 24.3 Å². The summed E-state index contributed by atoms with van der Waals surface area (Å²) in [4.78, 5) is 4.40. The van der Waals surface area contributed by atoms with Gasteiger partial charge < -0.3 is 10.1 Å². The number of nitrogens with one attached hydrogen (secondary N) is 1. The molecule has 1 fully saturated rings. The van der Waals surface area contributed by atoms with Crippen molar-refractivity contribution in [3.63, 3.8) is 0 Å². The summed E-state index contributed by atoms with van der Waals surface area (Å²) in [6.45, 7) is 1.68. The maximum absolute atomic E-state index is 5.04. The Morgan fingerprint density at radius 3 is 3.00 bits per heavy atom. The van der Waals surface area contributed by atoms with E-state index in [1.807, 2.05) is 11.6 Å². The molecule has 14 heavy (non-hydrogen) atoms. The number of hydrogen-bond acceptors (Lipinski definition) is 4. The number of thiazole rings is 1. The molecule has 0 saturated heterocycles. The van der Waals surface area contributed by atoms with Crippen LogP contribution in [-0.4, -0.2) is 25.2 Å². The van der Waals surface area contributed by atoms with E-state index in [1.54, 1.807) is 18.4 Å². The van der Waals surface area contributed by atoms with Gasteiger partial charge >= 0.3 is 0 Å². The second-order valence-corrected chi connectivity index (χ2v) is 4.59. The molecule has 1 aliphatic carbocycles. The molecule has 1 N–H and O–H groups in total. The van der Waals surface area contributed by atoms with Gasteiger partial charge in [0.05, 0.1) is 12.1 Å². The first-order valence-corrected chi connectivity index (χ1v) is 5.89. The van der Waals surface area contributed by atoms with Gasteiger partial charge in [0.15, 0.2) is 0 Å². The minimum Gasteiger partial charge on any atom is -0.383 e. The van der Waals surface area contributed by atoms with Crippen LogP contribution in [0, 0.1) is 0 Å². The van der Waals surface area contributed by atoms with Crippen molar-refractivity contribution >= 4 is 11.3 Å². The monoisotopic (exact) mass is 212 g/mol. The maximum atomic E-state index is 5.04. The van der Waals surface area contributed by atoms with E-state index in [0.29, 0.717) is 0 Å². The van der Waals surface area contributed by atoms with Gasteiger partial charge in [0.1, 0.15) is 5.01 Å². The first-order chi connectivity index (χ1) is 6.87. The summed E-state index contributed by atoms with van der Waals surface area (Å²) in [5.41, 5.74) is 0.173. The molecule has 78 valence electrons. The molecule has 0 spiro atoms. The van der Waals surface area contributed by atoms with Crippen LogP contribution in [0.3, 0.4) is 0 Å². The lowest BCUT2D eigenvalue weighted by Crippen LogP contribution is -2.49. The van der Waals surface area contributed by atoms with Gasteiger partial charge in [0, 0.05) is 25.2 Å². The molecule has 1 saturated carbocycles. The summed E-state index contributed by atoms with van der Waals surface area (Å²) < 4.78 is 5.04. The van der Waals surface area contributed by atoms with Crippen LogP contribution in [0.15, 0.2) is 11.6 Å². The molecule has 0 aliphatic heterocycles. The summed E-state index contributed by atoms with van der Waals surface area (Å²) >= 11 is 1.75. The SMILES string of the molecule is COCCNC1(c2nccs2)CCC1. The zero-order valence-corrected chi connectivity index (χ0v) is 9.27. The minimum atomic E-state index is 0.173. The molecule has 1 aromatic heterocycles. The van der Waals surface area contributed by atoms with E-state index in [-0.39, 0.29) is 5.54 Å². The van der Waals surface area contributed by atoms with Crippen molar-refractivity contribution < 1.29 is 4.74 Å². The topological polar surface area (TPSA) is 34.1 Å². The van der Waals surface area contributed by atoms with E-state index in [4.69, 9.17) is 4.74 Å². The second kappa shape index (κ2) is 4.38. The highest BCUT2D eigenvalue weighted by atomic mass is 32.1. The number of ether oxygens (including phenoxy) is 1. The molecular formula is C10H16N2OS. The molecule has 0 radical (unpaired) electrons. The van der Waals surface area contributed by atoms with E-state index < -0.39 is 0 Å². The van der Waals surface area contributed by atoms with Gasteiger partial charge in [-0.15, -0.1) is 11.3 Å². The van der Waals surface area contributed by atoms with E-state index in [0.717, 1.165) is 13.2 Å². The van der Waals surface area contributed by atoms with E-state index in [2.05, 4.69) is 10.3 Å². The predicted molar refractivity (Wildman–Crippen MR) is 57.5 cm³/mol. The molecule has 0 unspecified atom stereocenters. The molecule has 0 atom stereocenters. The van der Waals surface area contributed by atoms with Crippen molar-refractivity contribution in [1.82, 2.24) is 10.3 Å². The van der Waals surface area contributed by atoms with E-state index >= 15 is 0 Å². The van der Waals surface area contributed by atoms with Crippen LogP contribution in [0.25, 0.3) is 0 Å². The predicted octanol–water partition coefficient (Wildman–Crippen LogP) is 1.76. The van der Waals surface area contributed by atoms with E-state index in [9.17, 15) is 0 Å². The molecular weight excluding hydrogens is 196 g/mol. The third kappa shape index (κ3) is 1.82. The first-order valence-electron chi connectivity index (χ1n) is 5.01. The van der Waals surface area contributed by atoms with Crippen molar-refractivity contribution in [2.24, 2.45) is 0 Å². The highest BCUT2D eigenvalue weighted by Gasteiger charge is 2.40. The summed E-state index contributed by atoms with van der Waals surface area (Å²) in [6.07, 6.45) is 5.62. The van der Waals surface area contributed by atoms with Gasteiger partial charge in [-0.1, -0.05) is 0 Å². The number of methoxy groups -OCH3 is 1. The van der Waals surface area contributed by atoms with Crippen LogP contribution in [0.1, 0.15) is 24.3 Å². The van der Waals surface area contributed by atoms with Crippen molar-refractivity contribution in [1.29, 1.82) is 0 Å². The molecule has 1 aromatic rings. The Morgan fingerprint density at radius 2 is 2.50 bits per heavy atom. The minimum absolute atomic E-state index is 0.173. The lowest BCUT2D eigenvalue weighted by atomic mass is 9.77. The Labute approximate surface area is 88.5 Å². The van der Waals surface area contributed by atoms with Crippen molar-refractivity contribution in [3.8, 4) is 0 Å². The molecule has 4 heteroatoms. The normalized spacial score (nSPS) is 19.2. The molecule has 0 bridgehead atoms. The standard InChI is InChI=1S/C10H16N2OS/c1-13-7-5-12-10(3-2-4-10)9-11-6-8-14-9/h6,8,12H,2-5,7H2,1H3. The third-order valence-corrected chi connectivity index (χ3v) is 3.80. The quantitative estimate of drug-likeness (QED) is 0.755. The van der Waals surface area contributed by atoms with Crippen LogP contribution in [0.4, 0.5) is 0 Å². The summed E-state index contributed by atoms with van der Waals surface area (Å²) in [7, 11) is 1.73. The molecule has 1 heterocycles. The van der Waals surface area contributed by atoms with Crippen molar-refractivity contribution in [2.75, 3.05) is 20.3 Å². The highest BCUT2D eigenvalue weighted by molar-refractivity contribution is 7.09. The zero-order valence-electron chi connectivity index (χ0n) is 8.45. The fourth-order valence-electron chi connectivity index (χ4n) is 1.85. The summed E-state index contributed by atoms with van der Waals surface area (Å²) in [6, 6.07) is 0. The number of nitrogens with zero attached hydrogens (tertiary/aromatic N) is 1. The maximum Gasteiger partial charge on any atom is 0.113 e. The Hall–Kier alpha value is -0.450. The largest absolute Gasteiger partial charge is 0.383 e. The van der Waals surface area contributed by atoms with Crippen LogP contribution in [-0.2, 0) is 10.3 Å². The van der Waals surface area contributed by atoms with Crippen LogP contribution in [0.2, 0.25) is 0 Å². The molecule has 0 aromatic carbocycles. The lowest BCUT2D eigenvalue weighted by Gasteiger charge is -2.41. The average molecular weight is 212 g/mol. The van der Waals surface area contributed by atoms with Crippen molar-refractivity contribution in [3.05, 3.63) is 16.6 Å². The fourth-order valence-corrected chi connectivity index (χ4v) is 2.72. The smallest absolute Gasteiger partial charge is 0.113 e. The first kappa shape index (κ1) is 10.1. The van der Waals surface area contributed by atoms with Gasteiger partial charge in [-0.05, 0) is 19.3 Å². The van der Waals surface area contributed by atoms with Gasteiger partial charge in [-0.3, -0.25) is 0 Å². The highest BCUT2D eigenvalue weighted by Crippen LogP contribution is 2.41. The summed E-state index contributed by atoms with van der Waals surface area (Å²) in [5.74, 6) is 0. The fraction of sp³-hybridized carbons (Fsp3) is 0.700. The third-order valence-electron chi connectivity index (χ3n) is 2.82. The molecule has 0 amide bonds. The summed E-state index contributed by atoms with van der Waals surface area (Å²) in [5, 5.41) is 6.84. The molecule has 1 aliphatic rings. The van der Waals surface area contributed by atoms with Gasteiger partial charge in [0.2, 0.25) is 0 Å². The zero-order chi connectivity index (χ0) is 9.86. The van der Waals surface area contributed by atoms with Crippen LogP contribution in [0.5, 0.6) is 0 Å². The Balaban J connectivity index is 1.96. The number of rotatable bonds is 5. The number of hydrogen-bond donors (Lipinski definition) is 1. The van der Waals surface area contributed by atoms with Crippen molar-refractivity contribution in [2.45, 2.75) is 24.8 Å². The average Bonchev–Trinajstić information content (AvgIpc) is 2.62. The van der Waals surface area contributed by atoms with Crippen LogP contribution < -0.4 is 5.32 Å². The Kier molecular flexibility index (Phi) is 3.15.